The van der Waals surface area contributed by atoms with E-state index in [1.54, 1.807) is 19.1 Å². The van der Waals surface area contributed by atoms with Crippen molar-refractivity contribution in [1.29, 1.82) is 10.5 Å². The maximum atomic E-state index is 13.5. The minimum absolute atomic E-state index is 0.0537. The van der Waals surface area contributed by atoms with Crippen molar-refractivity contribution in [3.05, 3.63) is 70.7 Å². The van der Waals surface area contributed by atoms with Gasteiger partial charge in [0.25, 0.3) is 11.8 Å². The third-order valence-electron chi connectivity index (χ3n) is 6.61. The Morgan fingerprint density at radius 2 is 2.17 bits per heavy atom. The second kappa shape index (κ2) is 11.1. The minimum Gasteiger partial charge on any atom is -0.484 e. The molecule has 2 aromatic rings. The molecular formula is C27H24F3N7O3. The van der Waals surface area contributed by atoms with Crippen molar-refractivity contribution < 1.29 is 27.5 Å². The molecule has 40 heavy (non-hydrogen) atoms. The van der Waals surface area contributed by atoms with Crippen molar-refractivity contribution in [2.45, 2.75) is 44.3 Å². The van der Waals surface area contributed by atoms with Gasteiger partial charge in [-0.2, -0.15) is 28.8 Å². The number of hydrogen-bond acceptors (Lipinski definition) is 7. The smallest absolute Gasteiger partial charge is 0.422 e. The largest absolute Gasteiger partial charge is 0.484 e. The van der Waals surface area contributed by atoms with Gasteiger partial charge < -0.3 is 15.4 Å². The lowest BCUT2D eigenvalue weighted by Crippen LogP contribution is -2.50. The van der Waals surface area contributed by atoms with Crippen LogP contribution in [0, 0.1) is 22.7 Å². The number of rotatable bonds is 7. The Balaban J connectivity index is 1.73. The van der Waals surface area contributed by atoms with Gasteiger partial charge in [0.05, 0.1) is 34.9 Å². The standard InChI is InChI=1S/C27H24F3N7O3/c1-3-17(13-32)14-34-16(2)37-23(25(39)33-10-4-9-31)22-21(36-37)12-26(35-24(22)38)8-7-18-11-19(5-6-20(18)26)40-15-27(28,29)30/h3,5-6,11,14H,1,4,7-8,10,12,15H2,2H3,(H,33,39)(H,35,38)/b17-14+,34-16?/t26-/m0/s1. The van der Waals surface area contributed by atoms with Crippen molar-refractivity contribution >= 4 is 17.6 Å². The number of amides is 2. The van der Waals surface area contributed by atoms with Crippen molar-refractivity contribution in [3.63, 3.8) is 0 Å². The van der Waals surface area contributed by atoms with E-state index in [0.29, 0.717) is 18.5 Å². The second-order valence-electron chi connectivity index (χ2n) is 9.26. The Morgan fingerprint density at radius 3 is 2.85 bits per heavy atom. The number of aromatic nitrogens is 2. The predicted molar refractivity (Wildman–Crippen MR) is 136 cm³/mol. The van der Waals surface area contributed by atoms with E-state index >= 15 is 0 Å². The van der Waals surface area contributed by atoms with Crippen LogP contribution in [0.25, 0.3) is 0 Å². The molecule has 2 amide bonds. The van der Waals surface area contributed by atoms with E-state index in [2.05, 4.69) is 27.3 Å². The van der Waals surface area contributed by atoms with Crippen LogP contribution in [-0.2, 0) is 18.4 Å². The maximum absolute atomic E-state index is 13.5. The summed E-state index contributed by atoms with van der Waals surface area (Å²) in [6, 6.07) is 8.46. The summed E-state index contributed by atoms with van der Waals surface area (Å²) in [7, 11) is 0. The van der Waals surface area contributed by atoms with E-state index in [1.807, 2.05) is 12.1 Å². The van der Waals surface area contributed by atoms with Crippen LogP contribution >= 0.6 is 0 Å². The fraction of sp³-hybridized carbons (Fsp3) is 0.333. The van der Waals surface area contributed by atoms with Crippen LogP contribution in [0.1, 0.15) is 57.4 Å². The average Bonchev–Trinajstić information content (AvgIpc) is 3.46. The van der Waals surface area contributed by atoms with E-state index < -0.39 is 30.1 Å². The van der Waals surface area contributed by atoms with Gasteiger partial charge in [-0.15, -0.1) is 0 Å². The number of alkyl halides is 3. The van der Waals surface area contributed by atoms with Gasteiger partial charge >= 0.3 is 6.18 Å². The van der Waals surface area contributed by atoms with Crippen LogP contribution in [0.5, 0.6) is 5.75 Å². The first-order chi connectivity index (χ1) is 19.0. The van der Waals surface area contributed by atoms with Crippen molar-refractivity contribution in [2.75, 3.05) is 13.2 Å². The number of carbonyl (C=O) groups is 2. The number of nitriles is 2. The summed E-state index contributed by atoms with van der Waals surface area (Å²) < 4.78 is 43.9. The lowest BCUT2D eigenvalue weighted by atomic mass is 9.82. The van der Waals surface area contributed by atoms with Gasteiger partial charge in [-0.25, -0.2) is 9.67 Å². The molecule has 0 saturated heterocycles. The van der Waals surface area contributed by atoms with Crippen LogP contribution in [0.4, 0.5) is 13.2 Å². The Kier molecular flexibility index (Phi) is 7.77. The highest BCUT2D eigenvalue weighted by Gasteiger charge is 2.47. The fourth-order valence-electron chi connectivity index (χ4n) is 4.83. The van der Waals surface area contributed by atoms with Crippen molar-refractivity contribution in [1.82, 2.24) is 20.4 Å². The molecule has 0 bridgehead atoms. The van der Waals surface area contributed by atoms with Crippen LogP contribution in [0.3, 0.4) is 0 Å². The molecular weight excluding hydrogens is 527 g/mol. The molecule has 2 aliphatic rings. The summed E-state index contributed by atoms with van der Waals surface area (Å²) >= 11 is 0. The van der Waals surface area contributed by atoms with E-state index in [1.165, 1.54) is 23.0 Å². The van der Waals surface area contributed by atoms with Crippen LogP contribution < -0.4 is 15.4 Å². The highest BCUT2D eigenvalue weighted by Crippen LogP contribution is 2.43. The van der Waals surface area contributed by atoms with Crippen LogP contribution in [0.15, 0.2) is 47.6 Å². The number of halogens is 3. The number of ether oxygens (including phenoxy) is 1. The van der Waals surface area contributed by atoms with Gasteiger partial charge in [0, 0.05) is 19.2 Å². The predicted octanol–water partition coefficient (Wildman–Crippen LogP) is 3.46. The lowest BCUT2D eigenvalue weighted by molar-refractivity contribution is -0.153. The monoisotopic (exact) mass is 551 g/mol. The van der Waals surface area contributed by atoms with Crippen LogP contribution in [-0.4, -0.2) is 46.8 Å². The summed E-state index contributed by atoms with van der Waals surface area (Å²) in [6.07, 6.45) is -0.668. The SMILES string of the molecule is C=C/C(C#N)=C\N=C(C)n1nc2c(c1C(=O)NCCC#N)C(=O)N[C@@]1(CCc3cc(OCC(F)(F)F)ccc31)C2. The summed E-state index contributed by atoms with van der Waals surface area (Å²) in [6.45, 7) is 3.73. The van der Waals surface area contributed by atoms with E-state index in [9.17, 15) is 22.8 Å². The second-order valence-corrected chi connectivity index (χ2v) is 9.26. The molecule has 1 atom stereocenters. The molecule has 0 radical (unpaired) electrons. The maximum Gasteiger partial charge on any atom is 0.422 e. The third kappa shape index (κ3) is 5.59. The zero-order valence-corrected chi connectivity index (χ0v) is 21.4. The molecule has 1 aromatic carbocycles. The van der Waals surface area contributed by atoms with Crippen molar-refractivity contribution in [3.8, 4) is 17.9 Å². The molecule has 10 nitrogen and oxygen atoms in total. The highest BCUT2D eigenvalue weighted by molar-refractivity contribution is 6.10. The van der Waals surface area contributed by atoms with Crippen LogP contribution in [0.2, 0.25) is 0 Å². The highest BCUT2D eigenvalue weighted by atomic mass is 19.4. The Hall–Kier alpha value is -4.91. The molecule has 0 saturated carbocycles. The quantitative estimate of drug-likeness (QED) is 0.177. The number of aryl methyl sites for hydroxylation is 1. The summed E-state index contributed by atoms with van der Waals surface area (Å²) in [4.78, 5) is 30.9. The van der Waals surface area contributed by atoms with Gasteiger partial charge in [0.1, 0.15) is 23.3 Å². The van der Waals surface area contributed by atoms with Gasteiger partial charge in [0.15, 0.2) is 6.61 Å². The number of nitrogens with zero attached hydrogens (tertiary/aromatic N) is 5. The fourth-order valence-corrected chi connectivity index (χ4v) is 4.83. The average molecular weight is 552 g/mol. The Bertz CT molecular complexity index is 1530. The summed E-state index contributed by atoms with van der Waals surface area (Å²) in [5.41, 5.74) is 1.10. The molecule has 1 aliphatic heterocycles. The first kappa shape index (κ1) is 28.1. The van der Waals surface area contributed by atoms with Gasteiger partial charge in [-0.3, -0.25) is 9.59 Å². The third-order valence-corrected chi connectivity index (χ3v) is 6.61. The van der Waals surface area contributed by atoms with E-state index in [-0.39, 0.29) is 47.8 Å². The first-order valence-electron chi connectivity index (χ1n) is 12.2. The molecule has 2 N–H and O–H groups in total. The molecule has 2 heterocycles. The van der Waals surface area contributed by atoms with Gasteiger partial charge in [0.2, 0.25) is 0 Å². The number of hydrogen-bond donors (Lipinski definition) is 2. The number of benzene rings is 1. The topological polar surface area (TPSA) is 145 Å². The van der Waals surface area contributed by atoms with E-state index in [0.717, 1.165) is 11.1 Å². The molecule has 4 rings (SSSR count). The summed E-state index contributed by atoms with van der Waals surface area (Å²) in [5.74, 6) is -0.895. The van der Waals surface area contributed by atoms with Gasteiger partial charge in [-0.05, 0) is 43.0 Å². The Morgan fingerprint density at radius 1 is 1.40 bits per heavy atom. The molecule has 13 heteroatoms. The molecule has 1 spiro atoms. The lowest BCUT2D eigenvalue weighted by Gasteiger charge is -2.35. The number of carbonyl (C=O) groups excluding carboxylic acids is 2. The molecule has 206 valence electrons. The molecule has 1 aromatic heterocycles. The number of allylic oxidation sites excluding steroid dienone is 2. The summed E-state index contributed by atoms with van der Waals surface area (Å²) in [5, 5.41) is 28.1. The molecule has 1 aliphatic carbocycles. The zero-order chi connectivity index (χ0) is 29.1. The number of nitrogens with one attached hydrogen (secondary N) is 2. The minimum atomic E-state index is -4.47. The van der Waals surface area contributed by atoms with E-state index in [4.69, 9.17) is 15.3 Å². The number of aliphatic imine (C=N–C) groups is 1. The normalized spacial score (nSPS) is 18.3. The van der Waals surface area contributed by atoms with Gasteiger partial charge in [-0.1, -0.05) is 18.7 Å². The molecule has 0 fully saturated rings. The Labute approximate surface area is 227 Å². The zero-order valence-electron chi connectivity index (χ0n) is 21.4. The first-order valence-corrected chi connectivity index (χ1v) is 12.2. The molecule has 0 unspecified atom stereocenters. The number of fused-ring (bicyclic) bond motifs is 3. The van der Waals surface area contributed by atoms with Crippen molar-refractivity contribution in [2.24, 2.45) is 4.99 Å².